The van der Waals surface area contributed by atoms with Gasteiger partial charge < -0.3 is 19.3 Å². The first-order valence-corrected chi connectivity index (χ1v) is 7.30. The van der Waals surface area contributed by atoms with E-state index in [1.54, 1.807) is 13.8 Å². The van der Waals surface area contributed by atoms with Crippen molar-refractivity contribution in [1.29, 1.82) is 0 Å². The van der Waals surface area contributed by atoms with Crippen LogP contribution in [0.3, 0.4) is 0 Å². The largest absolute Gasteiger partial charge is 0.447 e. The summed E-state index contributed by atoms with van der Waals surface area (Å²) in [5, 5.41) is 0. The van der Waals surface area contributed by atoms with Crippen LogP contribution in [0, 0.1) is 0 Å². The third kappa shape index (κ3) is 1.98. The minimum Gasteiger partial charge on any atom is -0.447 e. The smallest absolute Gasteiger partial charge is 0.410 e. The molecule has 0 bridgehead atoms. The lowest BCUT2D eigenvalue weighted by Gasteiger charge is -2.46. The van der Waals surface area contributed by atoms with Crippen LogP contribution >= 0.6 is 0 Å². The molecule has 1 aromatic rings. The summed E-state index contributed by atoms with van der Waals surface area (Å²) in [7, 11) is 0. The first kappa shape index (κ1) is 14.6. The summed E-state index contributed by atoms with van der Waals surface area (Å²) in [4.78, 5) is 38.5. The van der Waals surface area contributed by atoms with E-state index in [0.717, 1.165) is 17.5 Å². The number of carbonyl (C=O) groups is 3. The van der Waals surface area contributed by atoms with E-state index in [9.17, 15) is 14.4 Å². The van der Waals surface area contributed by atoms with Gasteiger partial charge in [-0.05, 0) is 25.5 Å². The highest BCUT2D eigenvalue weighted by molar-refractivity contribution is 6.11. The Morgan fingerprint density at radius 3 is 2.68 bits per heavy atom. The van der Waals surface area contributed by atoms with Crippen molar-refractivity contribution in [3.8, 4) is 0 Å². The van der Waals surface area contributed by atoms with Crippen LogP contribution in [-0.4, -0.2) is 48.9 Å². The summed E-state index contributed by atoms with van der Waals surface area (Å²) in [6.45, 7) is 4.20. The second kappa shape index (κ2) is 5.12. The van der Waals surface area contributed by atoms with E-state index in [1.807, 2.05) is 24.3 Å². The number of likely N-dealkylation sites (tertiary alicyclic amines) is 1. The average Bonchev–Trinajstić information content (AvgIpc) is 2.67. The summed E-state index contributed by atoms with van der Waals surface area (Å²) in [6.07, 6.45) is 0.124. The normalized spacial score (nSPS) is 18.4. The number of ether oxygens (including phenoxy) is 1. The predicted molar refractivity (Wildman–Crippen MR) is 79.7 cm³/mol. The van der Waals surface area contributed by atoms with Gasteiger partial charge in [0.05, 0.1) is 12.6 Å². The Labute approximate surface area is 128 Å². The number of para-hydroxylation sites is 1. The van der Waals surface area contributed by atoms with Crippen molar-refractivity contribution in [2.45, 2.75) is 25.4 Å². The van der Waals surface area contributed by atoms with Crippen molar-refractivity contribution in [2.75, 3.05) is 24.5 Å². The van der Waals surface area contributed by atoms with Gasteiger partial charge in [0.25, 0.3) is 0 Å². The molecule has 0 aliphatic carbocycles. The molecule has 2 aliphatic rings. The van der Waals surface area contributed by atoms with E-state index >= 15 is 0 Å². The van der Waals surface area contributed by atoms with Gasteiger partial charge in [0.1, 0.15) is 11.7 Å². The second-order valence-electron chi connectivity index (χ2n) is 5.97. The molecule has 1 aromatic carbocycles. The zero-order valence-electron chi connectivity index (χ0n) is 12.6. The van der Waals surface area contributed by atoms with Crippen molar-refractivity contribution >= 4 is 24.0 Å². The Balaban J connectivity index is 1.85. The third-order valence-electron chi connectivity index (χ3n) is 4.14. The highest BCUT2D eigenvalue weighted by atomic mass is 16.6. The molecule has 1 saturated heterocycles. The van der Waals surface area contributed by atoms with Crippen LogP contribution in [0.5, 0.6) is 0 Å². The van der Waals surface area contributed by atoms with E-state index in [2.05, 4.69) is 0 Å². The second-order valence-corrected chi connectivity index (χ2v) is 5.97. The van der Waals surface area contributed by atoms with Crippen LogP contribution in [0.4, 0.5) is 10.5 Å². The van der Waals surface area contributed by atoms with Gasteiger partial charge in [0.2, 0.25) is 5.91 Å². The highest BCUT2D eigenvalue weighted by Gasteiger charge is 2.59. The van der Waals surface area contributed by atoms with Gasteiger partial charge in [0, 0.05) is 18.8 Å². The molecular weight excluding hydrogens is 284 g/mol. The molecule has 0 unspecified atom stereocenters. The lowest BCUT2D eigenvalue weighted by molar-refractivity contribution is -0.129. The molecule has 3 rings (SSSR count). The van der Waals surface area contributed by atoms with Crippen molar-refractivity contribution in [1.82, 2.24) is 4.90 Å². The lowest BCUT2D eigenvalue weighted by Crippen LogP contribution is -2.65. The van der Waals surface area contributed by atoms with Gasteiger partial charge in [-0.3, -0.25) is 4.79 Å². The number of fused-ring (bicyclic) bond motifs is 2. The van der Waals surface area contributed by atoms with Crippen LogP contribution in [-0.2, 0) is 19.7 Å². The van der Waals surface area contributed by atoms with Gasteiger partial charge in [-0.1, -0.05) is 18.2 Å². The Morgan fingerprint density at radius 1 is 1.36 bits per heavy atom. The van der Waals surface area contributed by atoms with E-state index in [-0.39, 0.29) is 18.6 Å². The molecule has 0 aromatic heterocycles. The fourth-order valence-corrected chi connectivity index (χ4v) is 3.17. The fourth-order valence-electron chi connectivity index (χ4n) is 3.17. The molecule has 1 fully saturated rings. The minimum absolute atomic E-state index is 0.0358. The molecule has 2 aliphatic heterocycles. The van der Waals surface area contributed by atoms with Gasteiger partial charge in [-0.15, -0.1) is 0 Å². The maximum absolute atomic E-state index is 12.7. The molecule has 116 valence electrons. The molecule has 6 heteroatoms. The summed E-state index contributed by atoms with van der Waals surface area (Å²) < 4.78 is 5.16. The quantitative estimate of drug-likeness (QED) is 0.790. The molecule has 0 radical (unpaired) electrons. The van der Waals surface area contributed by atoms with Crippen LogP contribution in [0.1, 0.15) is 19.4 Å². The number of rotatable bonds is 3. The first-order chi connectivity index (χ1) is 10.5. The average molecular weight is 302 g/mol. The van der Waals surface area contributed by atoms with Crippen LogP contribution in [0.25, 0.3) is 0 Å². The maximum atomic E-state index is 12.7. The van der Waals surface area contributed by atoms with Gasteiger partial charge in [-0.2, -0.15) is 0 Å². The fraction of sp³-hybridized carbons (Fsp3) is 0.438. The van der Waals surface area contributed by atoms with E-state index in [0.29, 0.717) is 13.1 Å². The molecule has 0 N–H and O–H groups in total. The Morgan fingerprint density at radius 2 is 2.05 bits per heavy atom. The highest BCUT2D eigenvalue weighted by Crippen LogP contribution is 2.47. The number of anilines is 1. The molecule has 2 amide bonds. The van der Waals surface area contributed by atoms with Crippen molar-refractivity contribution in [3.63, 3.8) is 0 Å². The lowest BCUT2D eigenvalue weighted by atomic mass is 9.75. The number of nitrogens with zero attached hydrogens (tertiary/aromatic N) is 2. The molecule has 2 heterocycles. The third-order valence-corrected chi connectivity index (χ3v) is 4.14. The molecule has 0 atom stereocenters. The Kier molecular flexibility index (Phi) is 3.39. The van der Waals surface area contributed by atoms with E-state index < -0.39 is 11.5 Å². The number of carbonyl (C=O) groups excluding carboxylic acids is 3. The van der Waals surface area contributed by atoms with Gasteiger partial charge >= 0.3 is 6.09 Å². The van der Waals surface area contributed by atoms with E-state index in [4.69, 9.17) is 4.74 Å². The van der Waals surface area contributed by atoms with Crippen molar-refractivity contribution < 1.29 is 19.1 Å². The van der Waals surface area contributed by atoms with Crippen molar-refractivity contribution in [3.05, 3.63) is 29.8 Å². The Hall–Kier alpha value is -2.37. The SMILES string of the molecule is CC(C)OC(=O)N1CC2(C1)C(=O)N(CC=O)c1ccccc12. The zero-order chi connectivity index (χ0) is 15.9. The van der Waals surface area contributed by atoms with Crippen LogP contribution in [0.15, 0.2) is 24.3 Å². The monoisotopic (exact) mass is 302 g/mol. The summed E-state index contributed by atoms with van der Waals surface area (Å²) in [5.41, 5.74) is 0.919. The number of aldehydes is 1. The number of amides is 2. The first-order valence-electron chi connectivity index (χ1n) is 7.30. The number of benzene rings is 1. The van der Waals surface area contributed by atoms with Gasteiger partial charge in [-0.25, -0.2) is 4.79 Å². The van der Waals surface area contributed by atoms with Crippen molar-refractivity contribution in [2.24, 2.45) is 0 Å². The maximum Gasteiger partial charge on any atom is 0.410 e. The minimum atomic E-state index is -0.727. The summed E-state index contributed by atoms with van der Waals surface area (Å²) >= 11 is 0. The zero-order valence-corrected chi connectivity index (χ0v) is 12.6. The summed E-state index contributed by atoms with van der Waals surface area (Å²) in [6, 6.07) is 7.43. The number of hydrogen-bond donors (Lipinski definition) is 0. The van der Waals surface area contributed by atoms with Crippen LogP contribution < -0.4 is 4.90 Å². The standard InChI is InChI=1S/C16H18N2O4/c1-11(2)22-15(21)17-9-16(10-17)12-5-3-4-6-13(12)18(7-8-19)14(16)20/h3-6,8,11H,7,9-10H2,1-2H3. The molecular formula is C16H18N2O4. The van der Waals surface area contributed by atoms with Crippen LogP contribution in [0.2, 0.25) is 0 Å². The Bertz CT molecular complexity index is 635. The molecule has 0 saturated carbocycles. The van der Waals surface area contributed by atoms with Gasteiger partial charge in [0.15, 0.2) is 0 Å². The predicted octanol–water partition coefficient (Wildman–Crippen LogP) is 1.33. The number of hydrogen-bond acceptors (Lipinski definition) is 4. The van der Waals surface area contributed by atoms with E-state index in [1.165, 1.54) is 9.80 Å². The molecule has 1 spiro atoms. The topological polar surface area (TPSA) is 66.9 Å². The molecule has 22 heavy (non-hydrogen) atoms. The molecule has 6 nitrogen and oxygen atoms in total. The summed E-state index contributed by atoms with van der Waals surface area (Å²) in [5.74, 6) is -0.116.